The van der Waals surface area contributed by atoms with Gasteiger partial charge in [0.15, 0.2) is 0 Å². The van der Waals surface area contributed by atoms with E-state index in [1.165, 1.54) is 39.3 Å². The zero-order valence-corrected chi connectivity index (χ0v) is 16.6. The van der Waals surface area contributed by atoms with Gasteiger partial charge in [0, 0.05) is 29.4 Å². The maximum absolute atomic E-state index is 13.0. The molecule has 0 aliphatic rings. The van der Waals surface area contributed by atoms with Crippen LogP contribution in [-0.4, -0.2) is 27.4 Å². The van der Waals surface area contributed by atoms with Gasteiger partial charge in [-0.1, -0.05) is 18.2 Å². The van der Waals surface area contributed by atoms with Crippen molar-refractivity contribution in [3.63, 3.8) is 0 Å². The monoisotopic (exact) mass is 413 g/mol. The van der Waals surface area contributed by atoms with Gasteiger partial charge in [0.2, 0.25) is 5.91 Å². The molecule has 4 aromatic rings. The number of carbonyl (C=O) groups is 1. The third kappa shape index (κ3) is 3.61. The fraction of sp³-hybridized carbons (Fsp3) is 0.150. The second-order valence-electron chi connectivity index (χ2n) is 6.36. The van der Waals surface area contributed by atoms with Crippen LogP contribution in [-0.2, 0) is 17.9 Å². The van der Waals surface area contributed by atoms with Crippen molar-refractivity contribution in [1.82, 2.24) is 14.5 Å². The summed E-state index contributed by atoms with van der Waals surface area (Å²) in [5.41, 5.74) is 1.45. The summed E-state index contributed by atoms with van der Waals surface area (Å²) < 4.78 is 14.4. The largest absolute Gasteiger partial charge is 0.340 e. The maximum atomic E-state index is 13.0. The summed E-state index contributed by atoms with van der Waals surface area (Å²) in [4.78, 5) is 33.1. The SMILES string of the molecule is CN(Cc1ccc(F)cc1)C(=O)Cn1cnc2scc(-c3cccs3)c2c1=O. The molecule has 8 heteroatoms. The normalized spacial score (nSPS) is 11.1. The number of nitrogens with zero attached hydrogens (tertiary/aromatic N) is 3. The smallest absolute Gasteiger partial charge is 0.263 e. The van der Waals surface area contributed by atoms with Gasteiger partial charge >= 0.3 is 0 Å². The topological polar surface area (TPSA) is 55.2 Å². The number of thiophene rings is 2. The number of rotatable bonds is 5. The lowest BCUT2D eigenvalue weighted by Gasteiger charge is -2.18. The van der Waals surface area contributed by atoms with E-state index in [0.717, 1.165) is 16.0 Å². The molecular weight excluding hydrogens is 397 g/mol. The van der Waals surface area contributed by atoms with E-state index < -0.39 is 0 Å². The van der Waals surface area contributed by atoms with Crippen LogP contribution < -0.4 is 5.56 Å². The molecule has 0 spiro atoms. The number of hydrogen-bond donors (Lipinski definition) is 0. The standard InChI is InChI=1S/C20H16FN3O2S2/c1-23(9-13-4-6-14(21)7-5-13)17(25)10-24-12-22-19-18(20(24)26)15(11-28-19)16-3-2-8-27-16/h2-8,11-12H,9-10H2,1H3. The fourth-order valence-electron chi connectivity index (χ4n) is 2.91. The first-order valence-corrected chi connectivity index (χ1v) is 10.3. The van der Waals surface area contributed by atoms with Crippen molar-refractivity contribution < 1.29 is 9.18 Å². The predicted molar refractivity (Wildman–Crippen MR) is 110 cm³/mol. The Morgan fingerprint density at radius 1 is 1.21 bits per heavy atom. The quantitative estimate of drug-likeness (QED) is 0.497. The van der Waals surface area contributed by atoms with E-state index in [0.29, 0.717) is 16.8 Å². The molecule has 3 heterocycles. The van der Waals surface area contributed by atoms with Crippen LogP contribution in [0.25, 0.3) is 20.7 Å². The van der Waals surface area contributed by atoms with Crippen LogP contribution >= 0.6 is 22.7 Å². The Balaban J connectivity index is 1.58. The van der Waals surface area contributed by atoms with Gasteiger partial charge < -0.3 is 4.90 Å². The Bertz CT molecular complexity index is 1180. The summed E-state index contributed by atoms with van der Waals surface area (Å²) in [6.07, 6.45) is 1.42. The van der Waals surface area contributed by atoms with Crippen LogP contribution in [0.3, 0.4) is 0 Å². The highest BCUT2D eigenvalue weighted by Gasteiger charge is 2.16. The molecule has 0 saturated heterocycles. The minimum absolute atomic E-state index is 0.0980. The molecule has 28 heavy (non-hydrogen) atoms. The number of halogens is 1. The van der Waals surface area contributed by atoms with Crippen molar-refractivity contribution in [3.8, 4) is 10.4 Å². The lowest BCUT2D eigenvalue weighted by molar-refractivity contribution is -0.131. The molecule has 5 nitrogen and oxygen atoms in total. The van der Waals surface area contributed by atoms with E-state index in [1.807, 2.05) is 22.9 Å². The molecule has 0 unspecified atom stereocenters. The lowest BCUT2D eigenvalue weighted by Crippen LogP contribution is -2.33. The van der Waals surface area contributed by atoms with Gasteiger partial charge in [-0.05, 0) is 29.1 Å². The number of amides is 1. The summed E-state index contributed by atoms with van der Waals surface area (Å²) in [7, 11) is 1.66. The van der Waals surface area contributed by atoms with Crippen LogP contribution in [0.1, 0.15) is 5.56 Å². The van der Waals surface area contributed by atoms with Gasteiger partial charge in [-0.25, -0.2) is 9.37 Å². The average Bonchev–Trinajstić information content (AvgIpc) is 3.35. The van der Waals surface area contributed by atoms with Crippen molar-refractivity contribution >= 4 is 38.8 Å². The Morgan fingerprint density at radius 2 is 2.00 bits per heavy atom. The molecule has 0 atom stereocenters. The van der Waals surface area contributed by atoms with Crippen LogP contribution in [0.4, 0.5) is 4.39 Å². The summed E-state index contributed by atoms with van der Waals surface area (Å²) in [5, 5.41) is 4.43. The highest BCUT2D eigenvalue weighted by atomic mass is 32.1. The number of aromatic nitrogens is 2. The number of carbonyl (C=O) groups excluding carboxylic acids is 1. The van der Waals surface area contributed by atoms with Crippen molar-refractivity contribution in [3.05, 3.63) is 75.2 Å². The minimum Gasteiger partial charge on any atom is -0.340 e. The predicted octanol–water partition coefficient (Wildman–Crippen LogP) is 3.98. The number of fused-ring (bicyclic) bond motifs is 1. The third-order valence-electron chi connectivity index (χ3n) is 4.41. The Morgan fingerprint density at radius 3 is 2.71 bits per heavy atom. The lowest BCUT2D eigenvalue weighted by atomic mass is 10.2. The first kappa shape index (κ1) is 18.5. The molecule has 0 radical (unpaired) electrons. The summed E-state index contributed by atoms with van der Waals surface area (Å²) in [5.74, 6) is -0.540. The Hall–Kier alpha value is -2.84. The Labute approximate surface area is 168 Å². The molecule has 0 saturated carbocycles. The van der Waals surface area contributed by atoms with Crippen LogP contribution in [0.15, 0.2) is 58.3 Å². The van der Waals surface area contributed by atoms with E-state index >= 15 is 0 Å². The first-order valence-electron chi connectivity index (χ1n) is 8.52. The molecule has 0 fully saturated rings. The zero-order chi connectivity index (χ0) is 19.7. The van der Waals surface area contributed by atoms with Gasteiger partial charge in [-0.2, -0.15) is 0 Å². The van der Waals surface area contributed by atoms with E-state index in [1.54, 1.807) is 30.5 Å². The van der Waals surface area contributed by atoms with Crippen molar-refractivity contribution in [2.24, 2.45) is 0 Å². The van der Waals surface area contributed by atoms with E-state index in [-0.39, 0.29) is 23.8 Å². The summed E-state index contributed by atoms with van der Waals surface area (Å²) in [6, 6.07) is 9.89. The average molecular weight is 413 g/mol. The molecule has 0 N–H and O–H groups in total. The fourth-order valence-corrected chi connectivity index (χ4v) is 4.63. The zero-order valence-electron chi connectivity index (χ0n) is 15.0. The molecule has 4 rings (SSSR count). The number of hydrogen-bond acceptors (Lipinski definition) is 5. The van der Waals surface area contributed by atoms with Gasteiger partial charge in [-0.3, -0.25) is 14.2 Å². The highest BCUT2D eigenvalue weighted by Crippen LogP contribution is 2.33. The minimum atomic E-state index is -0.319. The van der Waals surface area contributed by atoms with Gasteiger partial charge in [0.05, 0.1) is 11.7 Å². The van der Waals surface area contributed by atoms with Gasteiger partial charge in [0.25, 0.3) is 5.56 Å². The molecular formula is C20H16FN3O2S2. The molecule has 0 aliphatic heterocycles. The molecule has 3 aromatic heterocycles. The second-order valence-corrected chi connectivity index (χ2v) is 8.17. The van der Waals surface area contributed by atoms with Crippen molar-refractivity contribution in [2.45, 2.75) is 13.1 Å². The van der Waals surface area contributed by atoms with E-state index in [9.17, 15) is 14.0 Å². The molecule has 142 valence electrons. The van der Waals surface area contributed by atoms with Gasteiger partial charge in [-0.15, -0.1) is 22.7 Å². The van der Waals surface area contributed by atoms with Gasteiger partial charge in [0.1, 0.15) is 17.2 Å². The summed E-state index contributed by atoms with van der Waals surface area (Å²) >= 11 is 2.98. The summed E-state index contributed by atoms with van der Waals surface area (Å²) in [6.45, 7) is 0.238. The van der Waals surface area contributed by atoms with Crippen LogP contribution in [0.5, 0.6) is 0 Å². The van der Waals surface area contributed by atoms with Crippen LogP contribution in [0.2, 0.25) is 0 Å². The van der Waals surface area contributed by atoms with E-state index in [4.69, 9.17) is 0 Å². The molecule has 0 aliphatic carbocycles. The Kier molecular flexibility index (Phi) is 5.06. The van der Waals surface area contributed by atoms with Crippen molar-refractivity contribution in [1.29, 1.82) is 0 Å². The second kappa shape index (κ2) is 7.65. The number of likely N-dealkylation sites (N-methyl/N-ethyl adjacent to an activating group) is 1. The van der Waals surface area contributed by atoms with Crippen molar-refractivity contribution in [2.75, 3.05) is 7.05 Å². The molecule has 0 bridgehead atoms. The third-order valence-corrected chi connectivity index (χ3v) is 6.20. The number of benzene rings is 1. The molecule has 1 amide bonds. The molecule has 1 aromatic carbocycles. The first-order chi connectivity index (χ1) is 13.5. The highest BCUT2D eigenvalue weighted by molar-refractivity contribution is 7.18. The maximum Gasteiger partial charge on any atom is 0.263 e. The van der Waals surface area contributed by atoms with E-state index in [2.05, 4.69) is 4.98 Å². The van der Waals surface area contributed by atoms with Crippen LogP contribution in [0, 0.1) is 5.82 Å².